The number of aromatic nitrogens is 12. The van der Waals surface area contributed by atoms with Gasteiger partial charge in [-0.15, -0.1) is 0 Å². The molecule has 1 saturated carbocycles. The molecule has 0 bridgehead atoms. The van der Waals surface area contributed by atoms with Gasteiger partial charge in [-0.05, 0) is 414 Å². The van der Waals surface area contributed by atoms with E-state index in [0.717, 1.165) is 226 Å². The number of hydrogen-bond acceptors (Lipinski definition) is 34. The Hall–Kier alpha value is -16.6. The van der Waals surface area contributed by atoms with Gasteiger partial charge >= 0.3 is 0 Å². The highest BCUT2D eigenvalue weighted by Gasteiger charge is 2.26. The topological polar surface area (TPSA) is 489 Å². The number of halogens is 2. The summed E-state index contributed by atoms with van der Waals surface area (Å²) in [6, 6.07) is 87.0. The largest absolute Gasteiger partial charge is 0.508 e. The zero-order chi connectivity index (χ0) is 103. The van der Waals surface area contributed by atoms with Crippen LogP contribution in [0.1, 0.15) is 89.9 Å². The van der Waals surface area contributed by atoms with Crippen LogP contribution in [0.2, 0.25) is 0 Å². The van der Waals surface area contributed by atoms with Crippen LogP contribution in [0.3, 0.4) is 0 Å². The van der Waals surface area contributed by atoms with Crippen molar-refractivity contribution in [3.05, 3.63) is 312 Å². The second-order valence-corrected chi connectivity index (χ2v) is 37.6. The molecule has 2 aliphatic heterocycles. The molecule has 2 saturated heterocycles. The maximum Gasteiger partial charge on any atom is 0.258 e. The number of allylic oxidation sites excluding steroid dienone is 2. The van der Waals surface area contributed by atoms with E-state index in [-0.39, 0.29) is 58.9 Å². The molecule has 150 heavy (non-hydrogen) atoms. The van der Waals surface area contributed by atoms with Crippen molar-refractivity contribution in [2.24, 2.45) is 11.5 Å². The minimum Gasteiger partial charge on any atom is -0.508 e. The number of nitrogens with one attached hydrogen (secondary N) is 3. The first-order valence-corrected chi connectivity index (χ1v) is 51.0. The maximum absolute atomic E-state index is 9.36. The molecular formula is C114H109Br2N17O17. The molecule has 18 aromatic rings. The lowest BCUT2D eigenvalue weighted by Crippen LogP contribution is -2.35. The smallest absolute Gasteiger partial charge is 0.258 e. The van der Waals surface area contributed by atoms with Crippen LogP contribution in [-0.2, 0) is 0 Å². The monoisotopic (exact) mass is 2150 g/mol. The predicted octanol–water partition coefficient (Wildman–Crippen LogP) is 23.4. The SMILES string of the molecule is NC1CCC(Oc2ccc(-c3noc(-c4ccc(O)cc4)n3)cc2)CC1.NCCCOc1ccc(-c2noc(-c3ccc(O)cc3)n2)cc1.Oc1ccc(-c2nc(-c3ccc(NC4CCNCC4)cc3)no2)cc1.Oc1ccc(-c2nc(-c3ccc(OC4CCC=C4Br)cc3)no2)cc1.Oc1ccc(-c2nc(-c3ccc(OC4CCCC=C4Br)cc3)no2)cc1.Oc1ccc(-c2nc(-c3ccc(OC4CCNCC4)cc3)no2)cc1. The summed E-state index contributed by atoms with van der Waals surface area (Å²) in [7, 11) is 0. The van der Waals surface area contributed by atoms with Crippen molar-refractivity contribution in [2.75, 3.05) is 44.6 Å². The lowest BCUT2D eigenvalue weighted by Gasteiger charge is -2.26. The van der Waals surface area contributed by atoms with Crippen LogP contribution in [0.15, 0.2) is 339 Å². The Labute approximate surface area is 879 Å². The standard InChI is InChI=1S/C20H17BrN2O3.C20H21N3O3.C19H15BrN2O3.C19H20N4O2.C19H19N3O3.C17H17N3O3/c21-17-3-1-2-4-18(17)25-16-11-7-13(8-12-16)19-22-20(26-23-19)14-5-9-15(24)10-6-14;21-15-5-11-18(12-6-15)25-17-9-3-13(4-10-17)19-22-20(26-23-19)14-1-7-16(24)8-2-14;20-16-2-1-3-17(16)24-15-10-6-12(7-11-15)18-21-19(25-22-18)13-4-8-14(23)9-5-13;24-17-7-3-14(4-8-17)19-22-18(23-25-19)13-1-5-15(6-2-13)21-16-9-11-20-12-10-16;23-15-5-1-14(2-6-15)19-21-18(22-25-19)13-3-7-16(8-4-13)24-17-9-11-20-12-10-17;18-10-1-11-22-15-8-4-12(5-9-15)16-19-17(23-20-16)13-2-6-14(21)7-3-13/h3,5-12,18,24H,1-2,4H2;1-4,7-10,15,18,24H,5-6,11-12,21H2;2,4-11,17,23H,1,3H2;1-8,16,20-21,24H,9-12H2;1-8,17,20,23H,9-12H2;2-9,21H,1,10-11,18H2. The van der Waals surface area contributed by atoms with Gasteiger partial charge < -0.3 is 109 Å². The summed E-state index contributed by atoms with van der Waals surface area (Å²) in [6.45, 7) is 5.36. The molecule has 3 fully saturated rings. The second-order valence-electron chi connectivity index (χ2n) is 35.8. The van der Waals surface area contributed by atoms with Crippen LogP contribution in [-0.4, -0.2) is 167 Å². The third kappa shape index (κ3) is 29.0. The number of rotatable bonds is 26. The Bertz CT molecular complexity index is 7190. The van der Waals surface area contributed by atoms with Gasteiger partial charge in [0.05, 0.1) is 12.7 Å². The number of benzene rings is 12. The summed E-state index contributed by atoms with van der Waals surface area (Å²) in [5.74, 6) is 10.9. The van der Waals surface area contributed by atoms with Crippen molar-refractivity contribution < 1.29 is 81.5 Å². The average molecular weight is 2150 g/mol. The highest BCUT2D eigenvalue weighted by molar-refractivity contribution is 9.12. The molecule has 12 aromatic carbocycles. The van der Waals surface area contributed by atoms with Crippen LogP contribution in [0.25, 0.3) is 137 Å². The fourth-order valence-corrected chi connectivity index (χ4v) is 17.6. The Morgan fingerprint density at radius 1 is 0.293 bits per heavy atom. The number of piperidine rings is 2. The van der Waals surface area contributed by atoms with Crippen molar-refractivity contribution in [2.45, 2.75) is 126 Å². The number of hydrogen-bond donors (Lipinski definition) is 11. The van der Waals surface area contributed by atoms with Crippen LogP contribution in [0.5, 0.6) is 63.2 Å². The van der Waals surface area contributed by atoms with Crippen molar-refractivity contribution in [3.8, 4) is 200 Å². The molecule has 0 radical (unpaired) electrons. The molecule has 2 atom stereocenters. The van der Waals surface area contributed by atoms with E-state index in [1.54, 1.807) is 146 Å². The van der Waals surface area contributed by atoms with Crippen LogP contribution in [0.4, 0.5) is 5.69 Å². The second kappa shape index (κ2) is 51.1. The number of phenolic OH excluding ortho intramolecular Hbond substituents is 6. The summed E-state index contributed by atoms with van der Waals surface area (Å²) >= 11 is 7.11. The van der Waals surface area contributed by atoms with Gasteiger partial charge in [-0.3, -0.25) is 0 Å². The molecule has 5 aliphatic rings. The van der Waals surface area contributed by atoms with E-state index in [1.807, 2.05) is 146 Å². The van der Waals surface area contributed by atoms with Gasteiger partial charge in [-0.1, -0.05) is 75.0 Å². The minimum absolute atomic E-state index is 0.0841. The van der Waals surface area contributed by atoms with E-state index < -0.39 is 0 Å². The van der Waals surface area contributed by atoms with Crippen LogP contribution in [0, 0.1) is 0 Å². The molecule has 0 spiro atoms. The quantitative estimate of drug-likeness (QED) is 0.0224. The molecule has 13 N–H and O–H groups in total. The average Bonchev–Trinajstić information content (AvgIpc) is 1.70. The molecule has 23 rings (SSSR count). The lowest BCUT2D eigenvalue weighted by atomic mass is 9.94. The first-order chi connectivity index (χ1) is 73.4. The summed E-state index contributed by atoms with van der Waals surface area (Å²) in [5.41, 5.74) is 22.2. The van der Waals surface area contributed by atoms with Gasteiger partial charge in [0, 0.05) is 93.5 Å². The van der Waals surface area contributed by atoms with Gasteiger partial charge in [0.2, 0.25) is 34.9 Å². The number of nitrogens with zero attached hydrogens (tertiary/aromatic N) is 12. The first-order valence-electron chi connectivity index (χ1n) is 49.4. The van der Waals surface area contributed by atoms with Gasteiger partial charge in [-0.2, -0.15) is 29.9 Å². The Kier molecular flexibility index (Phi) is 35.2. The van der Waals surface area contributed by atoms with Gasteiger partial charge in [-0.25, -0.2) is 0 Å². The fourth-order valence-electron chi connectivity index (χ4n) is 16.5. The summed E-state index contributed by atoms with van der Waals surface area (Å²) in [5, 5.41) is 90.5. The van der Waals surface area contributed by atoms with E-state index in [2.05, 4.69) is 121 Å². The molecule has 766 valence electrons. The summed E-state index contributed by atoms with van der Waals surface area (Å²) in [6.07, 6.45) is 19.5. The zero-order valence-electron chi connectivity index (χ0n) is 81.4. The highest BCUT2D eigenvalue weighted by atomic mass is 79.9. The third-order valence-electron chi connectivity index (χ3n) is 24.8. The van der Waals surface area contributed by atoms with E-state index in [0.29, 0.717) is 95.5 Å². The van der Waals surface area contributed by atoms with Crippen LogP contribution >= 0.6 is 31.9 Å². The Morgan fingerprint density at radius 3 is 0.847 bits per heavy atom. The molecule has 2 unspecified atom stereocenters. The molecule has 3 aliphatic carbocycles. The number of nitrogens with two attached hydrogens (primary N) is 2. The van der Waals surface area contributed by atoms with Crippen molar-refractivity contribution >= 4 is 37.5 Å². The van der Waals surface area contributed by atoms with Gasteiger partial charge in [0.25, 0.3) is 35.3 Å². The zero-order valence-corrected chi connectivity index (χ0v) is 84.6. The predicted molar refractivity (Wildman–Crippen MR) is 573 cm³/mol. The molecule has 0 amide bonds. The number of anilines is 1. The van der Waals surface area contributed by atoms with Crippen molar-refractivity contribution in [1.29, 1.82) is 0 Å². The normalized spacial score (nSPS) is 15.9. The molecule has 36 heteroatoms. The summed E-state index contributed by atoms with van der Waals surface area (Å²) in [4.78, 5) is 26.5. The number of ether oxygens (including phenoxy) is 5. The van der Waals surface area contributed by atoms with Gasteiger partial charge in [0.1, 0.15) is 81.6 Å². The summed E-state index contributed by atoms with van der Waals surface area (Å²) < 4.78 is 63.7. The number of phenols is 6. The van der Waals surface area contributed by atoms with E-state index in [1.165, 1.54) is 0 Å². The molecular weight excluding hydrogens is 2040 g/mol. The van der Waals surface area contributed by atoms with Crippen molar-refractivity contribution in [3.63, 3.8) is 0 Å². The molecule has 34 nitrogen and oxygen atoms in total. The first kappa shape index (κ1) is 103. The molecule has 8 heterocycles. The van der Waals surface area contributed by atoms with E-state index >= 15 is 0 Å². The Morgan fingerprint density at radius 2 is 0.553 bits per heavy atom. The Balaban J connectivity index is 0.000000117. The number of aromatic hydroxyl groups is 6. The third-order valence-corrected chi connectivity index (χ3v) is 26.5. The van der Waals surface area contributed by atoms with Crippen LogP contribution < -0.4 is 51.1 Å². The maximum atomic E-state index is 9.36. The lowest BCUT2D eigenvalue weighted by molar-refractivity contribution is 0.147. The minimum atomic E-state index is 0.0841. The highest BCUT2D eigenvalue weighted by Crippen LogP contribution is 2.38. The molecule has 6 aromatic heterocycles. The van der Waals surface area contributed by atoms with E-state index in [9.17, 15) is 30.6 Å². The van der Waals surface area contributed by atoms with E-state index in [4.69, 9.17) is 62.3 Å². The fraction of sp³-hybridized carbons (Fsp3) is 0.228. The van der Waals surface area contributed by atoms with Gasteiger partial charge in [0.15, 0.2) is 0 Å². The van der Waals surface area contributed by atoms with Crippen molar-refractivity contribution in [1.82, 2.24) is 71.5 Å².